The lowest BCUT2D eigenvalue weighted by Crippen LogP contribution is -2.50. The highest BCUT2D eigenvalue weighted by Gasteiger charge is 2.52. The van der Waals surface area contributed by atoms with Gasteiger partial charge in [0.1, 0.15) is 17.9 Å². The van der Waals surface area contributed by atoms with Gasteiger partial charge in [-0.1, -0.05) is 13.3 Å². The normalized spacial score (nSPS) is 23.6. The molecule has 1 unspecified atom stereocenters. The van der Waals surface area contributed by atoms with Gasteiger partial charge in [0.25, 0.3) is 5.91 Å². The number of urea groups is 1. The Balaban J connectivity index is 1.39. The monoisotopic (exact) mass is 455 g/mol. The molecule has 1 saturated heterocycles. The summed E-state index contributed by atoms with van der Waals surface area (Å²) in [5.41, 5.74) is 1.44. The second kappa shape index (κ2) is 8.96. The Morgan fingerprint density at radius 2 is 1.94 bits per heavy atom. The average molecular weight is 456 g/mol. The van der Waals surface area contributed by atoms with Crippen LogP contribution >= 0.6 is 0 Å². The fraction of sp³-hybridized carbons (Fsp3) is 0.500. The highest BCUT2D eigenvalue weighted by Crippen LogP contribution is 2.37. The molecule has 0 radical (unpaired) electrons. The summed E-state index contributed by atoms with van der Waals surface area (Å²) < 4.78 is 14.9. The standard InChI is InChI=1S/C24H30FN5O3/c1-4-17-9-11-24(12-10-17)22(32)29(23(33)28-24)14-21(31)27-15(2)20-13-26-30(16(20)3)19-7-5-18(25)6-8-19/h5-8,13,15,17H,4,9-12,14H2,1-3H3,(H,27,31)(H,28,33). The van der Waals surface area contributed by atoms with Crippen LogP contribution < -0.4 is 10.6 Å². The van der Waals surface area contributed by atoms with Crippen molar-refractivity contribution in [2.45, 2.75) is 64.5 Å². The molecule has 1 aromatic carbocycles. The quantitative estimate of drug-likeness (QED) is 0.653. The van der Waals surface area contributed by atoms with Gasteiger partial charge < -0.3 is 10.6 Å². The maximum absolute atomic E-state index is 13.2. The van der Waals surface area contributed by atoms with Crippen molar-refractivity contribution in [2.75, 3.05) is 6.54 Å². The van der Waals surface area contributed by atoms with Crippen molar-refractivity contribution in [3.8, 4) is 5.69 Å². The second-order valence-corrected chi connectivity index (χ2v) is 9.12. The maximum atomic E-state index is 13.2. The van der Waals surface area contributed by atoms with Crippen LogP contribution in [0.4, 0.5) is 9.18 Å². The molecule has 8 nitrogen and oxygen atoms in total. The molecule has 2 heterocycles. The summed E-state index contributed by atoms with van der Waals surface area (Å²) in [6.07, 6.45) is 5.75. The summed E-state index contributed by atoms with van der Waals surface area (Å²) in [5.74, 6) is -0.466. The van der Waals surface area contributed by atoms with Crippen molar-refractivity contribution in [3.63, 3.8) is 0 Å². The van der Waals surface area contributed by atoms with E-state index >= 15 is 0 Å². The molecule has 4 amide bonds. The van der Waals surface area contributed by atoms with Gasteiger partial charge in [0, 0.05) is 11.3 Å². The predicted molar refractivity (Wildman–Crippen MR) is 120 cm³/mol. The molecular weight excluding hydrogens is 425 g/mol. The molecule has 176 valence electrons. The first-order valence-electron chi connectivity index (χ1n) is 11.5. The van der Waals surface area contributed by atoms with Crippen LogP contribution in [0.2, 0.25) is 0 Å². The van der Waals surface area contributed by atoms with Gasteiger partial charge >= 0.3 is 6.03 Å². The Morgan fingerprint density at radius 3 is 2.58 bits per heavy atom. The fourth-order valence-corrected chi connectivity index (χ4v) is 4.94. The number of rotatable bonds is 6. The third-order valence-electron chi connectivity index (χ3n) is 7.05. The summed E-state index contributed by atoms with van der Waals surface area (Å²) in [5, 5.41) is 10.1. The molecule has 33 heavy (non-hydrogen) atoms. The van der Waals surface area contributed by atoms with Crippen molar-refractivity contribution in [1.82, 2.24) is 25.3 Å². The van der Waals surface area contributed by atoms with E-state index in [4.69, 9.17) is 0 Å². The van der Waals surface area contributed by atoms with Gasteiger partial charge in [-0.25, -0.2) is 13.9 Å². The predicted octanol–water partition coefficient (Wildman–Crippen LogP) is 3.39. The molecule has 0 bridgehead atoms. The van der Waals surface area contributed by atoms with Crippen molar-refractivity contribution in [2.24, 2.45) is 5.92 Å². The topological polar surface area (TPSA) is 96.3 Å². The Bertz CT molecular complexity index is 1060. The van der Waals surface area contributed by atoms with Gasteiger partial charge in [-0.2, -0.15) is 5.10 Å². The van der Waals surface area contributed by atoms with Gasteiger partial charge in [-0.3, -0.25) is 14.5 Å². The smallest absolute Gasteiger partial charge is 0.325 e. The third-order valence-corrected chi connectivity index (χ3v) is 7.05. The molecule has 9 heteroatoms. The lowest BCUT2D eigenvalue weighted by atomic mass is 9.75. The second-order valence-electron chi connectivity index (χ2n) is 9.12. The van der Waals surface area contributed by atoms with Gasteiger partial charge in [0.2, 0.25) is 5.91 Å². The zero-order valence-corrected chi connectivity index (χ0v) is 19.2. The first kappa shape index (κ1) is 22.9. The van der Waals surface area contributed by atoms with E-state index < -0.39 is 17.5 Å². The molecule has 1 aliphatic heterocycles. The van der Waals surface area contributed by atoms with E-state index in [9.17, 15) is 18.8 Å². The Labute approximate surface area is 192 Å². The SMILES string of the molecule is CCC1CCC2(CC1)NC(=O)N(CC(=O)NC(C)c1cnn(-c3ccc(F)cc3)c1C)C2=O. The van der Waals surface area contributed by atoms with Crippen LogP contribution in [0.15, 0.2) is 30.5 Å². The van der Waals surface area contributed by atoms with E-state index in [1.807, 2.05) is 13.8 Å². The number of hydrogen-bond donors (Lipinski definition) is 2. The minimum atomic E-state index is -0.860. The number of halogens is 1. The molecule has 2 aliphatic rings. The summed E-state index contributed by atoms with van der Waals surface area (Å²) in [7, 11) is 0. The molecule has 4 rings (SSSR count). The van der Waals surface area contributed by atoms with Gasteiger partial charge in [-0.05, 0) is 69.7 Å². The van der Waals surface area contributed by atoms with Crippen molar-refractivity contribution >= 4 is 17.8 Å². The number of nitrogens with zero attached hydrogens (tertiary/aromatic N) is 3. The molecule has 1 spiro atoms. The molecule has 1 aromatic heterocycles. The average Bonchev–Trinajstić information content (AvgIpc) is 3.28. The van der Waals surface area contributed by atoms with Crippen LogP contribution in [0.1, 0.15) is 63.3 Å². The Kier molecular flexibility index (Phi) is 6.23. The highest BCUT2D eigenvalue weighted by molar-refractivity contribution is 6.09. The van der Waals surface area contributed by atoms with Crippen LogP contribution in [0.3, 0.4) is 0 Å². The van der Waals surface area contributed by atoms with E-state index in [0.29, 0.717) is 24.4 Å². The van der Waals surface area contributed by atoms with Gasteiger partial charge in [0.15, 0.2) is 0 Å². The zero-order valence-electron chi connectivity index (χ0n) is 19.2. The minimum Gasteiger partial charge on any atom is -0.348 e. The number of amides is 4. The van der Waals surface area contributed by atoms with Crippen LogP contribution in [0.5, 0.6) is 0 Å². The molecule has 1 saturated carbocycles. The Hall–Kier alpha value is -3.23. The lowest BCUT2D eigenvalue weighted by Gasteiger charge is -2.34. The number of benzene rings is 1. The maximum Gasteiger partial charge on any atom is 0.325 e. The summed E-state index contributed by atoms with van der Waals surface area (Å²) in [6, 6.07) is 5.09. The van der Waals surface area contributed by atoms with E-state index in [0.717, 1.165) is 35.4 Å². The van der Waals surface area contributed by atoms with Crippen molar-refractivity contribution < 1.29 is 18.8 Å². The zero-order chi connectivity index (χ0) is 23.8. The first-order chi connectivity index (χ1) is 15.7. The molecule has 1 aliphatic carbocycles. The van der Waals surface area contributed by atoms with Gasteiger partial charge in [0.05, 0.1) is 17.9 Å². The molecular formula is C24H30FN5O3. The molecule has 1 atom stereocenters. The summed E-state index contributed by atoms with van der Waals surface area (Å²) in [6.45, 7) is 5.50. The van der Waals surface area contributed by atoms with E-state index in [2.05, 4.69) is 22.7 Å². The number of hydrogen-bond acceptors (Lipinski definition) is 4. The number of nitrogens with one attached hydrogen (secondary N) is 2. The number of aromatic nitrogens is 2. The van der Waals surface area contributed by atoms with Crippen molar-refractivity contribution in [1.29, 1.82) is 0 Å². The van der Waals surface area contributed by atoms with Crippen LogP contribution in [0, 0.1) is 18.7 Å². The molecule has 2 fully saturated rings. The highest BCUT2D eigenvalue weighted by atomic mass is 19.1. The largest absolute Gasteiger partial charge is 0.348 e. The first-order valence-corrected chi connectivity index (χ1v) is 11.5. The number of carbonyl (C=O) groups is 3. The lowest BCUT2D eigenvalue weighted by molar-refractivity contribution is -0.136. The van der Waals surface area contributed by atoms with Gasteiger partial charge in [-0.15, -0.1) is 0 Å². The van der Waals surface area contributed by atoms with Crippen LogP contribution in [0.25, 0.3) is 5.69 Å². The van der Waals surface area contributed by atoms with Crippen molar-refractivity contribution in [3.05, 3.63) is 47.5 Å². The van der Waals surface area contributed by atoms with Crippen LogP contribution in [-0.2, 0) is 9.59 Å². The minimum absolute atomic E-state index is 0.301. The third kappa shape index (κ3) is 4.36. The Morgan fingerprint density at radius 1 is 1.27 bits per heavy atom. The van der Waals surface area contributed by atoms with Crippen LogP contribution in [-0.4, -0.2) is 44.6 Å². The fourth-order valence-electron chi connectivity index (χ4n) is 4.94. The molecule has 2 aromatic rings. The number of imide groups is 1. The summed E-state index contributed by atoms with van der Waals surface area (Å²) >= 11 is 0. The van der Waals surface area contributed by atoms with E-state index in [1.54, 1.807) is 23.0 Å². The summed E-state index contributed by atoms with van der Waals surface area (Å²) in [4.78, 5) is 39.3. The molecule has 2 N–H and O–H groups in total. The van der Waals surface area contributed by atoms with E-state index in [-0.39, 0.29) is 24.3 Å². The number of carbonyl (C=O) groups excluding carboxylic acids is 3. The van der Waals surface area contributed by atoms with E-state index in [1.165, 1.54) is 12.1 Å².